The Balaban J connectivity index is 1.89. The zero-order valence-electron chi connectivity index (χ0n) is 13.8. The van der Waals surface area contributed by atoms with Gasteiger partial charge in [-0.1, -0.05) is 6.92 Å². The Hall–Kier alpha value is -2.93. The van der Waals surface area contributed by atoms with E-state index in [1.807, 2.05) is 6.92 Å². The zero-order valence-corrected chi connectivity index (χ0v) is 13.8. The molecule has 0 aliphatic rings. The van der Waals surface area contributed by atoms with E-state index in [1.165, 1.54) is 24.3 Å². The molecule has 7 nitrogen and oxygen atoms in total. The van der Waals surface area contributed by atoms with Crippen LogP contribution in [0.3, 0.4) is 0 Å². The molecule has 2 N–H and O–H groups in total. The van der Waals surface area contributed by atoms with Crippen molar-refractivity contribution in [3.05, 3.63) is 69.8 Å². The molecule has 2 aromatic carbocycles. The third kappa shape index (κ3) is 5.29. The fourth-order valence-electron chi connectivity index (χ4n) is 2.15. The molecule has 0 unspecified atom stereocenters. The number of rotatable bonds is 8. The van der Waals surface area contributed by atoms with Gasteiger partial charge in [-0.15, -0.1) is 0 Å². The van der Waals surface area contributed by atoms with E-state index in [-0.39, 0.29) is 18.1 Å². The fraction of sp³-hybridized carbons (Fsp3) is 0.278. The van der Waals surface area contributed by atoms with Gasteiger partial charge in [-0.25, -0.2) is 0 Å². The summed E-state index contributed by atoms with van der Waals surface area (Å²) >= 11 is 0. The highest BCUT2D eigenvalue weighted by Crippen LogP contribution is 2.17. The Kier molecular flexibility index (Phi) is 6.47. The van der Waals surface area contributed by atoms with Gasteiger partial charge in [0, 0.05) is 24.2 Å². The molecule has 0 radical (unpaired) electrons. The van der Waals surface area contributed by atoms with Gasteiger partial charge in [0.25, 0.3) is 11.6 Å². The highest BCUT2D eigenvalue weighted by molar-refractivity contribution is 5.94. The van der Waals surface area contributed by atoms with Crippen LogP contribution in [0.15, 0.2) is 48.5 Å². The average molecular weight is 344 g/mol. The van der Waals surface area contributed by atoms with Crippen molar-refractivity contribution in [2.75, 3.05) is 13.2 Å². The van der Waals surface area contributed by atoms with E-state index in [9.17, 15) is 20.0 Å². The normalized spacial score (nSPS) is 11.6. The zero-order chi connectivity index (χ0) is 18.2. The van der Waals surface area contributed by atoms with Crippen LogP contribution in [-0.2, 0) is 0 Å². The van der Waals surface area contributed by atoms with Gasteiger partial charge in [-0.3, -0.25) is 14.9 Å². The summed E-state index contributed by atoms with van der Waals surface area (Å²) in [7, 11) is 0. The lowest BCUT2D eigenvalue weighted by Crippen LogP contribution is -2.28. The van der Waals surface area contributed by atoms with Crippen LogP contribution in [0.2, 0.25) is 0 Å². The van der Waals surface area contributed by atoms with Crippen LogP contribution in [0.4, 0.5) is 5.69 Å². The summed E-state index contributed by atoms with van der Waals surface area (Å²) in [6.07, 6.45) is -0.0418. The number of carbonyl (C=O) groups excluding carboxylic acids is 1. The van der Waals surface area contributed by atoms with E-state index in [0.29, 0.717) is 23.5 Å². The number of nitrogens with zero attached hydrogens (tertiary/aromatic N) is 1. The molecule has 0 bridgehead atoms. The molecular formula is C18H20N2O5. The molecule has 0 aromatic heterocycles. The molecule has 0 fully saturated rings. The molecule has 0 saturated heterocycles. The second-order valence-corrected chi connectivity index (χ2v) is 5.45. The summed E-state index contributed by atoms with van der Waals surface area (Å²) in [5, 5.41) is 23.3. The second kappa shape index (κ2) is 8.79. The number of aliphatic hydroxyl groups excluding tert-OH is 1. The van der Waals surface area contributed by atoms with E-state index in [0.717, 1.165) is 6.42 Å². The maximum absolute atomic E-state index is 12.1. The molecule has 7 heteroatoms. The fourth-order valence-corrected chi connectivity index (χ4v) is 2.15. The second-order valence-electron chi connectivity index (χ2n) is 5.45. The number of hydrogen-bond donors (Lipinski definition) is 2. The van der Waals surface area contributed by atoms with Crippen LogP contribution in [0.1, 0.15) is 35.4 Å². The predicted octanol–water partition coefficient (Wildman–Crippen LogP) is 2.85. The van der Waals surface area contributed by atoms with Crippen LogP contribution in [-0.4, -0.2) is 29.1 Å². The predicted molar refractivity (Wildman–Crippen MR) is 92.6 cm³/mol. The SMILES string of the molecule is CCCOc1ccc(C(=O)NC[C@H](O)c2ccc([N+](=O)[O-])cc2)cc1. The maximum Gasteiger partial charge on any atom is 0.269 e. The smallest absolute Gasteiger partial charge is 0.269 e. The quantitative estimate of drug-likeness (QED) is 0.566. The summed E-state index contributed by atoms with van der Waals surface area (Å²) in [5.41, 5.74) is 0.902. The first-order valence-corrected chi connectivity index (χ1v) is 7.94. The lowest BCUT2D eigenvalue weighted by molar-refractivity contribution is -0.384. The van der Waals surface area contributed by atoms with E-state index in [1.54, 1.807) is 24.3 Å². The third-order valence-corrected chi connectivity index (χ3v) is 3.53. The molecule has 132 valence electrons. The number of nitrogens with one attached hydrogen (secondary N) is 1. The number of benzene rings is 2. The van der Waals surface area contributed by atoms with Crippen LogP contribution in [0.25, 0.3) is 0 Å². The molecule has 25 heavy (non-hydrogen) atoms. The lowest BCUT2D eigenvalue weighted by Gasteiger charge is -2.12. The van der Waals surface area contributed by atoms with Crippen molar-refractivity contribution in [2.45, 2.75) is 19.4 Å². The van der Waals surface area contributed by atoms with Gasteiger partial charge in [0.1, 0.15) is 5.75 Å². The maximum atomic E-state index is 12.1. The van der Waals surface area contributed by atoms with Gasteiger partial charge in [-0.2, -0.15) is 0 Å². The molecule has 2 rings (SSSR count). The number of hydrogen-bond acceptors (Lipinski definition) is 5. The Morgan fingerprint density at radius 2 is 1.84 bits per heavy atom. The minimum absolute atomic E-state index is 0.00469. The van der Waals surface area contributed by atoms with Gasteiger partial charge in [-0.05, 0) is 48.4 Å². The summed E-state index contributed by atoms with van der Waals surface area (Å²) in [6.45, 7) is 2.63. The van der Waals surface area contributed by atoms with E-state index >= 15 is 0 Å². The Morgan fingerprint density at radius 1 is 1.20 bits per heavy atom. The molecule has 1 amide bonds. The first-order valence-electron chi connectivity index (χ1n) is 7.94. The van der Waals surface area contributed by atoms with Crippen molar-refractivity contribution in [3.8, 4) is 5.75 Å². The average Bonchev–Trinajstić information content (AvgIpc) is 2.64. The standard InChI is InChI=1S/C18H20N2O5/c1-2-11-25-16-9-5-14(6-10-16)18(22)19-12-17(21)13-3-7-15(8-4-13)20(23)24/h3-10,17,21H,2,11-12H2,1H3,(H,19,22)/t17-/m0/s1. The number of non-ortho nitro benzene ring substituents is 1. The Bertz CT molecular complexity index is 713. The van der Waals surface area contributed by atoms with E-state index in [2.05, 4.69) is 5.32 Å². The molecule has 0 spiro atoms. The monoisotopic (exact) mass is 344 g/mol. The molecule has 2 aromatic rings. The minimum Gasteiger partial charge on any atom is -0.494 e. The van der Waals surface area contributed by atoms with Crippen molar-refractivity contribution in [1.29, 1.82) is 0 Å². The van der Waals surface area contributed by atoms with Crippen LogP contribution in [0, 0.1) is 10.1 Å². The highest BCUT2D eigenvalue weighted by Gasteiger charge is 2.13. The number of carbonyl (C=O) groups is 1. The minimum atomic E-state index is -0.947. The molecule has 0 heterocycles. The number of amides is 1. The molecule has 1 atom stereocenters. The summed E-state index contributed by atoms with van der Waals surface area (Å²) in [5.74, 6) is 0.382. The van der Waals surface area contributed by atoms with Crippen LogP contribution >= 0.6 is 0 Å². The van der Waals surface area contributed by atoms with Crippen molar-refractivity contribution >= 4 is 11.6 Å². The summed E-state index contributed by atoms with van der Waals surface area (Å²) in [4.78, 5) is 22.2. The van der Waals surface area contributed by atoms with Gasteiger partial charge in [0.2, 0.25) is 0 Å². The van der Waals surface area contributed by atoms with Crippen molar-refractivity contribution in [1.82, 2.24) is 5.32 Å². The van der Waals surface area contributed by atoms with Gasteiger partial charge < -0.3 is 15.2 Å². The third-order valence-electron chi connectivity index (χ3n) is 3.53. The molecular weight excluding hydrogens is 324 g/mol. The number of nitro benzene ring substituents is 1. The molecule has 0 aliphatic heterocycles. The van der Waals surface area contributed by atoms with Crippen LogP contribution in [0.5, 0.6) is 5.75 Å². The van der Waals surface area contributed by atoms with Crippen molar-refractivity contribution in [2.24, 2.45) is 0 Å². The van der Waals surface area contributed by atoms with E-state index < -0.39 is 11.0 Å². The highest BCUT2D eigenvalue weighted by atomic mass is 16.6. The van der Waals surface area contributed by atoms with Gasteiger partial charge in [0.15, 0.2) is 0 Å². The molecule has 0 aliphatic carbocycles. The topological polar surface area (TPSA) is 102 Å². The first-order chi connectivity index (χ1) is 12.0. The number of aliphatic hydroxyl groups is 1. The largest absolute Gasteiger partial charge is 0.494 e. The van der Waals surface area contributed by atoms with Crippen molar-refractivity contribution < 1.29 is 19.6 Å². The van der Waals surface area contributed by atoms with Crippen molar-refractivity contribution in [3.63, 3.8) is 0 Å². The summed E-state index contributed by atoms with van der Waals surface area (Å²) in [6, 6.07) is 12.3. The molecule has 0 saturated carbocycles. The lowest BCUT2D eigenvalue weighted by atomic mass is 10.1. The van der Waals surface area contributed by atoms with Crippen LogP contribution < -0.4 is 10.1 Å². The first kappa shape index (κ1) is 18.4. The van der Waals surface area contributed by atoms with Gasteiger partial charge in [0.05, 0.1) is 17.6 Å². The summed E-state index contributed by atoms with van der Waals surface area (Å²) < 4.78 is 5.45. The Labute approximate surface area is 145 Å². The number of nitro groups is 1. The number of ether oxygens (including phenoxy) is 1. The van der Waals surface area contributed by atoms with Gasteiger partial charge >= 0.3 is 0 Å². The Morgan fingerprint density at radius 3 is 2.40 bits per heavy atom. The van der Waals surface area contributed by atoms with E-state index in [4.69, 9.17) is 4.74 Å².